The van der Waals surface area contributed by atoms with Crippen LogP contribution in [0.4, 0.5) is 9.18 Å². The van der Waals surface area contributed by atoms with Crippen molar-refractivity contribution in [3.8, 4) is 0 Å². The van der Waals surface area contributed by atoms with Crippen LogP contribution >= 0.6 is 27.7 Å². The van der Waals surface area contributed by atoms with E-state index in [0.29, 0.717) is 12.0 Å². The number of nitrogens with zero attached hydrogens (tertiary/aromatic N) is 1. The number of hydrogen-bond acceptors (Lipinski definition) is 5. The van der Waals surface area contributed by atoms with E-state index < -0.39 is 29.5 Å². The van der Waals surface area contributed by atoms with E-state index in [-0.39, 0.29) is 15.5 Å². The van der Waals surface area contributed by atoms with Crippen molar-refractivity contribution in [1.82, 2.24) is 4.90 Å². The number of amides is 2. The molecule has 0 N–H and O–H groups in total. The third-order valence-electron chi connectivity index (χ3n) is 3.31. The minimum absolute atomic E-state index is 0.176. The number of halogens is 2. The van der Waals surface area contributed by atoms with Crippen molar-refractivity contribution in [1.29, 1.82) is 0 Å². The first-order valence-electron chi connectivity index (χ1n) is 7.21. The number of rotatable bonds is 5. The van der Waals surface area contributed by atoms with Crippen molar-refractivity contribution in [2.75, 3.05) is 6.54 Å². The van der Waals surface area contributed by atoms with Gasteiger partial charge in [-0.1, -0.05) is 13.0 Å². The van der Waals surface area contributed by atoms with Gasteiger partial charge in [-0.3, -0.25) is 19.3 Å². The van der Waals surface area contributed by atoms with E-state index in [1.807, 2.05) is 6.92 Å². The summed E-state index contributed by atoms with van der Waals surface area (Å²) in [4.78, 5) is 37.0. The van der Waals surface area contributed by atoms with E-state index in [1.54, 1.807) is 6.92 Å². The van der Waals surface area contributed by atoms with E-state index in [2.05, 4.69) is 15.9 Å². The molecule has 1 aromatic rings. The fourth-order valence-electron chi connectivity index (χ4n) is 1.86. The molecule has 1 atom stereocenters. The van der Waals surface area contributed by atoms with Crippen molar-refractivity contribution in [2.24, 2.45) is 0 Å². The molecule has 0 unspecified atom stereocenters. The number of carbonyl (C=O) groups is 3. The maximum absolute atomic E-state index is 13.2. The van der Waals surface area contributed by atoms with Crippen LogP contribution in [-0.4, -0.2) is 34.7 Å². The highest BCUT2D eigenvalue weighted by molar-refractivity contribution is 9.10. The van der Waals surface area contributed by atoms with Crippen LogP contribution in [0.3, 0.4) is 0 Å². The molecule has 0 aliphatic carbocycles. The highest BCUT2D eigenvalue weighted by Crippen LogP contribution is 2.32. The van der Waals surface area contributed by atoms with Crippen LogP contribution in [0.25, 0.3) is 6.08 Å². The first-order valence-corrected chi connectivity index (χ1v) is 8.82. The molecule has 128 valence electrons. The Morgan fingerprint density at radius 2 is 2.17 bits per heavy atom. The molecule has 0 saturated carbocycles. The van der Waals surface area contributed by atoms with Gasteiger partial charge in [-0.2, -0.15) is 0 Å². The minimum atomic E-state index is -0.627. The van der Waals surface area contributed by atoms with Crippen LogP contribution in [0.15, 0.2) is 27.6 Å². The van der Waals surface area contributed by atoms with Gasteiger partial charge in [0.2, 0.25) is 0 Å². The summed E-state index contributed by atoms with van der Waals surface area (Å²) < 4.78 is 18.6. The second-order valence-electron chi connectivity index (χ2n) is 5.15. The molecule has 1 saturated heterocycles. The lowest BCUT2D eigenvalue weighted by molar-refractivity contribution is -0.150. The molecule has 1 heterocycles. The van der Waals surface area contributed by atoms with Crippen molar-refractivity contribution >= 4 is 50.9 Å². The van der Waals surface area contributed by atoms with Crippen molar-refractivity contribution < 1.29 is 23.5 Å². The number of hydrogen-bond donors (Lipinski definition) is 0. The zero-order chi connectivity index (χ0) is 17.9. The first-order chi connectivity index (χ1) is 11.3. The first kappa shape index (κ1) is 18.7. The summed E-state index contributed by atoms with van der Waals surface area (Å²) in [6.07, 6.45) is 1.85. The number of ether oxygens (including phenoxy) is 1. The standard InChI is InChI=1S/C16H15BrFNO4S/c1-3-9(2)23-14(20)8-19-15(21)13(24-16(19)22)7-10-4-5-12(18)11(17)6-10/h4-7,9H,3,8H2,1-2H3/b13-7+/t9-/m0/s1. The Kier molecular flexibility index (Phi) is 6.17. The molecule has 2 amide bonds. The number of carbonyl (C=O) groups excluding carboxylic acids is 3. The van der Waals surface area contributed by atoms with Gasteiger partial charge in [0.25, 0.3) is 11.1 Å². The van der Waals surface area contributed by atoms with E-state index in [9.17, 15) is 18.8 Å². The van der Waals surface area contributed by atoms with E-state index in [4.69, 9.17) is 4.74 Å². The lowest BCUT2D eigenvalue weighted by atomic mass is 10.2. The van der Waals surface area contributed by atoms with Crippen LogP contribution in [-0.2, 0) is 14.3 Å². The Bertz CT molecular complexity index is 722. The fraction of sp³-hybridized carbons (Fsp3) is 0.312. The van der Waals surface area contributed by atoms with Crippen LogP contribution in [0, 0.1) is 5.82 Å². The quantitative estimate of drug-likeness (QED) is 0.537. The largest absolute Gasteiger partial charge is 0.461 e. The van der Waals surface area contributed by atoms with Crippen LogP contribution in [0.2, 0.25) is 0 Å². The summed E-state index contributed by atoms with van der Waals surface area (Å²) in [5.74, 6) is -1.61. The number of imide groups is 1. The Balaban J connectivity index is 2.11. The van der Waals surface area contributed by atoms with Gasteiger partial charge in [0, 0.05) is 0 Å². The van der Waals surface area contributed by atoms with Gasteiger partial charge in [-0.05, 0) is 64.8 Å². The maximum atomic E-state index is 13.2. The summed E-state index contributed by atoms with van der Waals surface area (Å²) in [7, 11) is 0. The van der Waals surface area contributed by atoms with Crippen LogP contribution in [0.5, 0.6) is 0 Å². The third-order valence-corrected chi connectivity index (χ3v) is 4.82. The zero-order valence-corrected chi connectivity index (χ0v) is 15.4. The average molecular weight is 416 g/mol. The third kappa shape index (κ3) is 4.45. The summed E-state index contributed by atoms with van der Waals surface area (Å²) >= 11 is 3.80. The highest BCUT2D eigenvalue weighted by atomic mass is 79.9. The molecule has 0 aromatic heterocycles. The normalized spacial score (nSPS) is 17.5. The van der Waals surface area contributed by atoms with E-state index in [0.717, 1.165) is 16.7 Å². The van der Waals surface area contributed by atoms with E-state index in [1.165, 1.54) is 24.3 Å². The Morgan fingerprint density at radius 3 is 2.79 bits per heavy atom. The lowest BCUT2D eigenvalue weighted by Crippen LogP contribution is -2.35. The van der Waals surface area contributed by atoms with Crippen LogP contribution in [0.1, 0.15) is 25.8 Å². The molecule has 24 heavy (non-hydrogen) atoms. The predicted molar refractivity (Wildman–Crippen MR) is 92.6 cm³/mol. The van der Waals surface area contributed by atoms with Crippen molar-refractivity contribution in [3.05, 3.63) is 39.0 Å². The maximum Gasteiger partial charge on any atom is 0.326 e. The molecule has 5 nitrogen and oxygen atoms in total. The molecule has 0 spiro atoms. The summed E-state index contributed by atoms with van der Waals surface area (Å²) in [6, 6.07) is 4.25. The molecular weight excluding hydrogens is 401 g/mol. The minimum Gasteiger partial charge on any atom is -0.461 e. The Labute approximate surface area is 151 Å². The second-order valence-corrected chi connectivity index (χ2v) is 7.00. The molecule has 1 aromatic carbocycles. The molecule has 8 heteroatoms. The zero-order valence-electron chi connectivity index (χ0n) is 13.0. The summed E-state index contributed by atoms with van der Waals surface area (Å²) in [6.45, 7) is 3.18. The smallest absolute Gasteiger partial charge is 0.326 e. The van der Waals surface area contributed by atoms with Gasteiger partial charge in [0.1, 0.15) is 12.4 Å². The molecule has 1 fully saturated rings. The number of benzene rings is 1. The Morgan fingerprint density at radius 1 is 1.46 bits per heavy atom. The molecule has 0 radical (unpaired) electrons. The van der Waals surface area contributed by atoms with Gasteiger partial charge >= 0.3 is 5.97 Å². The van der Waals surface area contributed by atoms with E-state index >= 15 is 0 Å². The lowest BCUT2D eigenvalue weighted by Gasteiger charge is -2.14. The van der Waals surface area contributed by atoms with Crippen molar-refractivity contribution in [2.45, 2.75) is 26.4 Å². The van der Waals surface area contributed by atoms with Gasteiger partial charge in [-0.15, -0.1) is 0 Å². The van der Waals surface area contributed by atoms with Gasteiger partial charge < -0.3 is 4.74 Å². The van der Waals surface area contributed by atoms with Crippen molar-refractivity contribution in [3.63, 3.8) is 0 Å². The highest BCUT2D eigenvalue weighted by Gasteiger charge is 2.36. The molecule has 0 bridgehead atoms. The van der Waals surface area contributed by atoms with Gasteiger partial charge in [-0.25, -0.2) is 4.39 Å². The SMILES string of the molecule is CC[C@H](C)OC(=O)CN1C(=O)S/C(=C/c2ccc(F)c(Br)c2)C1=O. The second kappa shape index (κ2) is 7.94. The Hall–Kier alpha value is -1.67. The number of thioether (sulfide) groups is 1. The summed E-state index contributed by atoms with van der Waals surface area (Å²) in [5, 5.41) is -0.534. The average Bonchev–Trinajstić information content (AvgIpc) is 2.78. The monoisotopic (exact) mass is 415 g/mol. The molecule has 2 rings (SSSR count). The summed E-state index contributed by atoms with van der Waals surface area (Å²) in [5.41, 5.74) is 0.566. The van der Waals surface area contributed by atoms with Gasteiger partial charge in [0.05, 0.1) is 15.5 Å². The topological polar surface area (TPSA) is 63.7 Å². The van der Waals surface area contributed by atoms with Crippen LogP contribution < -0.4 is 0 Å². The predicted octanol–water partition coefficient (Wildman–Crippen LogP) is 3.97. The fourth-order valence-corrected chi connectivity index (χ4v) is 3.10. The van der Waals surface area contributed by atoms with Gasteiger partial charge in [0.15, 0.2) is 0 Å². The molecular formula is C16H15BrFNO4S. The molecule has 1 aliphatic heterocycles. The number of esters is 1. The molecule has 1 aliphatic rings.